The van der Waals surface area contributed by atoms with Crippen LogP contribution in [0.25, 0.3) is 0 Å². The second-order valence-corrected chi connectivity index (χ2v) is 7.47. The number of esters is 1. The van der Waals surface area contributed by atoms with E-state index in [1.54, 1.807) is 0 Å². The van der Waals surface area contributed by atoms with Crippen LogP contribution in [0.15, 0.2) is 0 Å². The van der Waals surface area contributed by atoms with Crippen LogP contribution >= 0.6 is 0 Å². The Morgan fingerprint density at radius 1 is 1.40 bits per heavy atom. The van der Waals surface area contributed by atoms with Crippen LogP contribution in [-0.2, 0) is 24.2 Å². The molecule has 0 aromatic rings. The number of carbonyl (C=O) groups excluding carboxylic acids is 2. The van der Waals surface area contributed by atoms with Crippen molar-refractivity contribution in [1.29, 1.82) is 0 Å². The zero-order chi connectivity index (χ0) is 14.8. The molecule has 0 radical (unpaired) electrons. The molecule has 0 saturated carbocycles. The van der Waals surface area contributed by atoms with Gasteiger partial charge in [0.05, 0.1) is 18.6 Å². The smallest absolute Gasteiger partial charge is 0.328 e. The lowest BCUT2D eigenvalue weighted by Gasteiger charge is -2.27. The number of methoxy groups -OCH3 is 1. The molecule has 2 atom stereocenters. The standard InChI is InChI=1S/C12H20N2O5S/c1-19-12(16)10-3-2-5-14(10)11(15)7-9-8-20(17,18)6-4-13-9/h9-10,13H,2-8H2,1H3. The maximum atomic E-state index is 12.2. The van der Waals surface area contributed by atoms with Crippen molar-refractivity contribution in [1.82, 2.24) is 10.2 Å². The van der Waals surface area contributed by atoms with Crippen LogP contribution in [0.5, 0.6) is 0 Å². The molecule has 0 aromatic carbocycles. The van der Waals surface area contributed by atoms with Crippen molar-refractivity contribution >= 4 is 21.7 Å². The van der Waals surface area contributed by atoms with Crippen molar-refractivity contribution in [2.45, 2.75) is 31.3 Å². The van der Waals surface area contributed by atoms with Gasteiger partial charge in [0.25, 0.3) is 0 Å². The van der Waals surface area contributed by atoms with Crippen LogP contribution in [0.4, 0.5) is 0 Å². The van der Waals surface area contributed by atoms with Crippen molar-refractivity contribution in [3.8, 4) is 0 Å². The summed E-state index contributed by atoms with van der Waals surface area (Å²) in [6.45, 7) is 0.902. The fraction of sp³-hybridized carbons (Fsp3) is 0.833. The first-order valence-electron chi connectivity index (χ1n) is 6.74. The molecule has 1 amide bonds. The third kappa shape index (κ3) is 3.49. The maximum absolute atomic E-state index is 12.2. The highest BCUT2D eigenvalue weighted by Gasteiger charge is 2.36. The number of ether oxygens (including phenoxy) is 1. The van der Waals surface area contributed by atoms with Crippen LogP contribution in [0.3, 0.4) is 0 Å². The molecule has 0 aromatic heterocycles. The number of rotatable bonds is 3. The van der Waals surface area contributed by atoms with Gasteiger partial charge in [-0.15, -0.1) is 0 Å². The lowest BCUT2D eigenvalue weighted by Crippen LogP contribution is -2.49. The molecule has 1 N–H and O–H groups in total. The van der Waals surface area contributed by atoms with Gasteiger partial charge in [0, 0.05) is 25.6 Å². The maximum Gasteiger partial charge on any atom is 0.328 e. The molecule has 2 rings (SSSR count). The van der Waals surface area contributed by atoms with E-state index in [9.17, 15) is 18.0 Å². The van der Waals surface area contributed by atoms with E-state index in [1.807, 2.05) is 0 Å². The van der Waals surface area contributed by atoms with E-state index < -0.39 is 21.8 Å². The van der Waals surface area contributed by atoms with Crippen LogP contribution in [0.2, 0.25) is 0 Å². The van der Waals surface area contributed by atoms with Crippen LogP contribution in [-0.4, -0.2) is 69.0 Å². The largest absolute Gasteiger partial charge is 0.467 e. The first kappa shape index (κ1) is 15.2. The molecule has 114 valence electrons. The average Bonchev–Trinajstić information content (AvgIpc) is 2.85. The number of sulfone groups is 1. The number of likely N-dealkylation sites (tertiary alicyclic amines) is 1. The quantitative estimate of drug-likeness (QED) is 0.667. The second kappa shape index (κ2) is 6.09. The van der Waals surface area contributed by atoms with E-state index in [1.165, 1.54) is 12.0 Å². The predicted molar refractivity (Wildman–Crippen MR) is 71.8 cm³/mol. The Morgan fingerprint density at radius 3 is 2.80 bits per heavy atom. The molecule has 0 bridgehead atoms. The van der Waals surface area contributed by atoms with Gasteiger partial charge in [-0.05, 0) is 12.8 Å². The third-order valence-corrected chi connectivity index (χ3v) is 5.50. The van der Waals surface area contributed by atoms with Gasteiger partial charge < -0.3 is 15.0 Å². The fourth-order valence-electron chi connectivity index (χ4n) is 2.77. The lowest BCUT2D eigenvalue weighted by molar-refractivity contribution is -0.151. The molecular formula is C12H20N2O5S. The van der Waals surface area contributed by atoms with Gasteiger partial charge >= 0.3 is 5.97 Å². The molecule has 2 aliphatic rings. The van der Waals surface area contributed by atoms with Gasteiger partial charge in [0.2, 0.25) is 5.91 Å². The Labute approximate surface area is 118 Å². The van der Waals surface area contributed by atoms with Crippen molar-refractivity contribution in [3.05, 3.63) is 0 Å². The Morgan fingerprint density at radius 2 is 2.15 bits per heavy atom. The molecule has 20 heavy (non-hydrogen) atoms. The summed E-state index contributed by atoms with van der Waals surface area (Å²) in [5, 5.41) is 3.04. The van der Waals surface area contributed by atoms with Crippen LogP contribution in [0, 0.1) is 0 Å². The van der Waals surface area contributed by atoms with E-state index in [-0.39, 0.29) is 29.9 Å². The summed E-state index contributed by atoms with van der Waals surface area (Å²) >= 11 is 0. The highest BCUT2D eigenvalue weighted by atomic mass is 32.2. The third-order valence-electron chi connectivity index (χ3n) is 3.77. The average molecular weight is 304 g/mol. The minimum Gasteiger partial charge on any atom is -0.467 e. The second-order valence-electron chi connectivity index (χ2n) is 5.24. The summed E-state index contributed by atoms with van der Waals surface area (Å²) in [5.74, 6) is -0.491. The lowest BCUT2D eigenvalue weighted by atomic mass is 10.2. The predicted octanol–water partition coefficient (Wildman–Crippen LogP) is -1.07. The van der Waals surface area contributed by atoms with Gasteiger partial charge in [-0.3, -0.25) is 4.79 Å². The minimum atomic E-state index is -3.06. The summed E-state index contributed by atoms with van der Waals surface area (Å²) in [6.07, 6.45) is 1.48. The molecule has 2 saturated heterocycles. The minimum absolute atomic E-state index is 0.0184. The van der Waals surface area contributed by atoms with Gasteiger partial charge in [0.15, 0.2) is 9.84 Å². The van der Waals surface area contributed by atoms with Gasteiger partial charge in [0.1, 0.15) is 6.04 Å². The van der Waals surface area contributed by atoms with Crippen molar-refractivity contribution in [2.24, 2.45) is 0 Å². The zero-order valence-electron chi connectivity index (χ0n) is 11.5. The molecular weight excluding hydrogens is 284 g/mol. The van der Waals surface area contributed by atoms with Crippen LogP contribution in [0.1, 0.15) is 19.3 Å². The van der Waals surface area contributed by atoms with Crippen molar-refractivity contribution in [3.63, 3.8) is 0 Å². The normalized spacial score (nSPS) is 29.1. The monoisotopic (exact) mass is 304 g/mol. The molecule has 2 unspecified atom stereocenters. The Bertz CT molecular complexity index is 490. The zero-order valence-corrected chi connectivity index (χ0v) is 12.3. The van der Waals surface area contributed by atoms with Crippen LogP contribution < -0.4 is 5.32 Å². The first-order valence-corrected chi connectivity index (χ1v) is 8.56. The summed E-state index contributed by atoms with van der Waals surface area (Å²) in [7, 11) is -1.76. The number of carbonyl (C=O) groups is 2. The number of nitrogens with zero attached hydrogens (tertiary/aromatic N) is 1. The van der Waals surface area contributed by atoms with E-state index in [0.29, 0.717) is 19.5 Å². The summed E-state index contributed by atoms with van der Waals surface area (Å²) in [4.78, 5) is 25.3. The Balaban J connectivity index is 1.96. The molecule has 2 fully saturated rings. The Kier molecular flexibility index (Phi) is 4.64. The summed E-state index contributed by atoms with van der Waals surface area (Å²) in [6, 6.07) is -0.882. The SMILES string of the molecule is COC(=O)C1CCCN1C(=O)CC1CS(=O)(=O)CCN1. The fourth-order valence-corrected chi connectivity index (χ4v) is 4.22. The molecule has 2 aliphatic heterocycles. The highest BCUT2D eigenvalue weighted by molar-refractivity contribution is 7.91. The number of hydrogen-bond acceptors (Lipinski definition) is 6. The molecule has 8 heteroatoms. The molecule has 0 aliphatic carbocycles. The number of amides is 1. The number of nitrogens with one attached hydrogen (secondary N) is 1. The van der Waals surface area contributed by atoms with E-state index >= 15 is 0 Å². The molecule has 0 spiro atoms. The van der Waals surface area contributed by atoms with E-state index in [4.69, 9.17) is 4.74 Å². The first-order chi connectivity index (χ1) is 9.43. The summed E-state index contributed by atoms with van der Waals surface area (Å²) in [5.41, 5.74) is 0. The van der Waals surface area contributed by atoms with Crippen molar-refractivity contribution in [2.75, 3.05) is 31.7 Å². The topological polar surface area (TPSA) is 92.8 Å². The van der Waals surface area contributed by atoms with Gasteiger partial charge in [-0.1, -0.05) is 0 Å². The Hall–Kier alpha value is -1.15. The van der Waals surface area contributed by atoms with Gasteiger partial charge in [-0.2, -0.15) is 0 Å². The molecule has 7 nitrogen and oxygen atoms in total. The highest BCUT2D eigenvalue weighted by Crippen LogP contribution is 2.20. The van der Waals surface area contributed by atoms with Gasteiger partial charge in [-0.25, -0.2) is 13.2 Å². The molecule has 2 heterocycles. The van der Waals surface area contributed by atoms with E-state index in [0.717, 1.165) is 6.42 Å². The van der Waals surface area contributed by atoms with Crippen molar-refractivity contribution < 1.29 is 22.7 Å². The summed E-state index contributed by atoms with van der Waals surface area (Å²) < 4.78 is 27.8. The number of hydrogen-bond donors (Lipinski definition) is 1. The van der Waals surface area contributed by atoms with E-state index in [2.05, 4.69) is 5.32 Å².